The highest BCUT2D eigenvalue weighted by molar-refractivity contribution is 6.26. The van der Waals surface area contributed by atoms with Crippen LogP contribution in [0.3, 0.4) is 0 Å². The van der Waals surface area contributed by atoms with E-state index in [1.54, 1.807) is 26.0 Å². The number of esters is 2. The summed E-state index contributed by atoms with van der Waals surface area (Å²) in [5.41, 5.74) is -3.30. The van der Waals surface area contributed by atoms with Gasteiger partial charge in [-0.2, -0.15) is 0 Å². The Balaban J connectivity index is 1.76. The lowest BCUT2D eigenvalue weighted by molar-refractivity contribution is -0.203. The number of hydrogen-bond donors (Lipinski definition) is 1. The van der Waals surface area contributed by atoms with Crippen molar-refractivity contribution >= 4 is 35.1 Å². The average Bonchev–Trinajstić information content (AvgIpc) is 3.03. The van der Waals surface area contributed by atoms with E-state index >= 15 is 0 Å². The van der Waals surface area contributed by atoms with E-state index in [0.717, 1.165) is 5.57 Å². The van der Waals surface area contributed by atoms with Crippen molar-refractivity contribution in [3.05, 3.63) is 23.8 Å². The molecule has 8 atom stereocenters. The number of hydrogen-bond acceptors (Lipinski definition) is 7. The van der Waals surface area contributed by atoms with Gasteiger partial charge in [-0.05, 0) is 49.7 Å². The molecule has 8 heteroatoms. The maximum Gasteiger partial charge on any atom is 0.306 e. The first kappa shape index (κ1) is 20.0. The SMILES string of the molecule is [2H]C([2H])([2H])CC(=O)OCC(=O)[C@@]1(OC(=O)CC([2H])([2H])[2H])[C@@H](C)C[C@H]2[C@@H]3CCC4=CC(=O)C=C[C@]4(C)[C@@]3(Cl)[C@@H](O)C[C@@]21C. The van der Waals surface area contributed by atoms with Gasteiger partial charge in [-0.3, -0.25) is 19.2 Å². The first-order chi connectivity index (χ1) is 19.1. The fourth-order valence-electron chi connectivity index (χ4n) is 7.92. The van der Waals surface area contributed by atoms with Crippen LogP contribution in [0.5, 0.6) is 0 Å². The van der Waals surface area contributed by atoms with Crippen LogP contribution < -0.4 is 0 Å². The lowest BCUT2D eigenvalue weighted by Gasteiger charge is -2.64. The van der Waals surface area contributed by atoms with Crippen LogP contribution in [0.1, 0.15) is 81.2 Å². The molecule has 0 aromatic rings. The largest absolute Gasteiger partial charge is 0.457 e. The molecule has 7 nitrogen and oxygen atoms in total. The third kappa shape index (κ3) is 3.48. The minimum absolute atomic E-state index is 0.108. The van der Waals surface area contributed by atoms with Crippen LogP contribution in [-0.2, 0) is 28.7 Å². The van der Waals surface area contributed by atoms with E-state index in [1.807, 2.05) is 6.92 Å². The van der Waals surface area contributed by atoms with Gasteiger partial charge >= 0.3 is 11.9 Å². The van der Waals surface area contributed by atoms with E-state index in [4.69, 9.17) is 29.3 Å². The van der Waals surface area contributed by atoms with Crippen molar-refractivity contribution in [2.45, 2.75) is 89.6 Å². The van der Waals surface area contributed by atoms with Gasteiger partial charge in [-0.15, -0.1) is 11.6 Å². The summed E-state index contributed by atoms with van der Waals surface area (Å²) in [5.74, 6) is -4.74. The maximum absolute atomic E-state index is 14.1. The molecule has 1 N–H and O–H groups in total. The molecule has 4 aliphatic rings. The van der Waals surface area contributed by atoms with Crippen LogP contribution in [0.4, 0.5) is 0 Å². The molecule has 0 radical (unpaired) electrons. The maximum atomic E-state index is 14.1. The zero-order chi connectivity index (χ0) is 31.7. The standard InChI is InChI=1S/C28H37ClO7/c1-6-23(33)35-15-22(32)28(36-24(34)7-2)16(3)12-20-19-9-8-17-13-18(30)10-11-25(17,4)27(19,29)21(31)14-26(20,28)5/h10-11,13,16,19-21,31H,6-9,12,14-15H2,1-5H3/t16-,19-,20-,21-,25-,26-,27-,28-/m0/s1/i1D3,2D3. The molecule has 0 heterocycles. The monoisotopic (exact) mass is 526 g/mol. The van der Waals surface area contributed by atoms with E-state index in [9.17, 15) is 24.3 Å². The summed E-state index contributed by atoms with van der Waals surface area (Å²) in [6.07, 6.45) is 2.80. The number of allylic oxidation sites excluding steroid dienone is 4. The Bertz CT molecular complexity index is 1240. The molecule has 36 heavy (non-hydrogen) atoms. The molecule has 3 saturated carbocycles. The van der Waals surface area contributed by atoms with Crippen molar-refractivity contribution in [1.29, 1.82) is 0 Å². The molecule has 4 aliphatic carbocycles. The second kappa shape index (κ2) is 9.09. The molecule has 0 aromatic heterocycles. The highest BCUT2D eigenvalue weighted by atomic mass is 35.5. The van der Waals surface area contributed by atoms with E-state index < -0.39 is 90.1 Å². The van der Waals surface area contributed by atoms with Gasteiger partial charge in [0.1, 0.15) is 0 Å². The van der Waals surface area contributed by atoms with Gasteiger partial charge in [0.2, 0.25) is 5.78 Å². The van der Waals surface area contributed by atoms with Gasteiger partial charge in [0.15, 0.2) is 18.0 Å². The summed E-state index contributed by atoms with van der Waals surface area (Å²) in [6, 6.07) is 0. The van der Waals surface area contributed by atoms with Crippen molar-refractivity contribution in [1.82, 2.24) is 0 Å². The molecule has 0 saturated heterocycles. The van der Waals surface area contributed by atoms with Gasteiger partial charge in [-0.1, -0.05) is 46.1 Å². The Morgan fingerprint density at radius 1 is 1.19 bits per heavy atom. The number of carbonyl (C=O) groups excluding carboxylic acids is 4. The number of fused-ring (bicyclic) bond motifs is 5. The summed E-state index contributed by atoms with van der Waals surface area (Å²) >= 11 is 7.45. The van der Waals surface area contributed by atoms with Crippen molar-refractivity contribution in [3.8, 4) is 0 Å². The molecule has 0 spiro atoms. The molecule has 0 aromatic carbocycles. The number of Topliss-reactive ketones (excluding diaryl/α,β-unsaturated/α-hetero) is 1. The highest BCUT2D eigenvalue weighted by Gasteiger charge is 2.76. The van der Waals surface area contributed by atoms with Crippen LogP contribution in [0.25, 0.3) is 0 Å². The minimum atomic E-state index is -2.68. The summed E-state index contributed by atoms with van der Waals surface area (Å²) in [7, 11) is 0. The number of aliphatic hydroxyl groups is 1. The number of aliphatic hydroxyl groups excluding tert-OH is 1. The first-order valence-electron chi connectivity index (χ1n) is 15.3. The Hall–Kier alpha value is -1.99. The van der Waals surface area contributed by atoms with Crippen LogP contribution >= 0.6 is 11.6 Å². The van der Waals surface area contributed by atoms with Crippen molar-refractivity contribution in [3.63, 3.8) is 0 Å². The summed E-state index contributed by atoms with van der Waals surface area (Å²) < 4.78 is 55.4. The van der Waals surface area contributed by atoms with Gasteiger partial charge < -0.3 is 14.6 Å². The summed E-state index contributed by atoms with van der Waals surface area (Å²) in [6.45, 7) is -0.930. The molecule has 3 fully saturated rings. The third-order valence-electron chi connectivity index (χ3n) is 9.52. The fourth-order valence-corrected chi connectivity index (χ4v) is 8.44. The molecule has 0 unspecified atom stereocenters. The summed E-state index contributed by atoms with van der Waals surface area (Å²) in [4.78, 5) is 50.2. The van der Waals surface area contributed by atoms with Gasteiger partial charge in [-0.25, -0.2) is 0 Å². The predicted molar refractivity (Wildman–Crippen MR) is 133 cm³/mol. The predicted octanol–water partition coefficient (Wildman–Crippen LogP) is 4.09. The zero-order valence-electron chi connectivity index (χ0n) is 26.8. The number of rotatable bonds is 6. The van der Waals surface area contributed by atoms with Crippen LogP contribution in [0.2, 0.25) is 0 Å². The molecule has 0 amide bonds. The van der Waals surface area contributed by atoms with Crippen molar-refractivity contribution in [2.24, 2.45) is 28.6 Å². The number of carbonyl (C=O) groups is 4. The second-order valence-corrected chi connectivity index (χ2v) is 11.7. The third-order valence-corrected chi connectivity index (χ3v) is 10.4. The lowest BCUT2D eigenvalue weighted by Crippen LogP contribution is -2.69. The number of ketones is 2. The highest BCUT2D eigenvalue weighted by Crippen LogP contribution is 2.72. The minimum Gasteiger partial charge on any atom is -0.457 e. The Morgan fingerprint density at radius 2 is 1.89 bits per heavy atom. The van der Waals surface area contributed by atoms with E-state index in [0.29, 0.717) is 19.3 Å². The van der Waals surface area contributed by atoms with E-state index in [-0.39, 0.29) is 18.1 Å². The Morgan fingerprint density at radius 3 is 2.58 bits per heavy atom. The quantitative estimate of drug-likeness (QED) is 0.410. The van der Waals surface area contributed by atoms with Crippen LogP contribution in [-0.4, -0.2) is 51.8 Å². The van der Waals surface area contributed by atoms with Gasteiger partial charge in [0, 0.05) is 37.8 Å². The lowest BCUT2D eigenvalue weighted by atomic mass is 9.45. The van der Waals surface area contributed by atoms with Crippen molar-refractivity contribution in [2.75, 3.05) is 6.61 Å². The van der Waals surface area contributed by atoms with E-state index in [1.165, 1.54) is 6.08 Å². The Kier molecular flexibility index (Phi) is 5.06. The van der Waals surface area contributed by atoms with E-state index in [2.05, 4.69) is 0 Å². The second-order valence-electron chi connectivity index (χ2n) is 11.0. The fraction of sp³-hybridized carbons (Fsp3) is 0.714. The molecule has 198 valence electrons. The van der Waals surface area contributed by atoms with Gasteiger partial charge in [0.05, 0.1) is 11.0 Å². The normalized spacial score (nSPS) is 46.2. The molecule has 0 bridgehead atoms. The Labute approximate surface area is 226 Å². The molecular formula is C28H37ClO7. The van der Waals surface area contributed by atoms with Crippen molar-refractivity contribution < 1.29 is 42.0 Å². The van der Waals surface area contributed by atoms with Crippen LogP contribution in [0.15, 0.2) is 23.8 Å². The summed E-state index contributed by atoms with van der Waals surface area (Å²) in [5, 5.41) is 11.8. The number of halogens is 1. The average molecular weight is 527 g/mol. The molecular weight excluding hydrogens is 484 g/mol. The number of ether oxygens (including phenoxy) is 2. The number of alkyl halides is 1. The first-order valence-corrected chi connectivity index (χ1v) is 12.7. The topological polar surface area (TPSA) is 107 Å². The molecule has 4 rings (SSSR count). The molecule has 0 aliphatic heterocycles. The zero-order valence-corrected chi connectivity index (χ0v) is 21.5. The smallest absolute Gasteiger partial charge is 0.306 e. The van der Waals surface area contributed by atoms with Crippen LogP contribution in [0, 0.1) is 28.6 Å². The van der Waals surface area contributed by atoms with Gasteiger partial charge in [0.25, 0.3) is 0 Å².